The molecule has 0 unspecified atom stereocenters. The first-order chi connectivity index (χ1) is 13.1. The lowest BCUT2D eigenvalue weighted by atomic mass is 10.0. The van der Waals surface area contributed by atoms with Gasteiger partial charge in [0, 0.05) is 37.7 Å². The minimum Gasteiger partial charge on any atom is -0.466 e. The molecule has 8 heteroatoms. The Bertz CT molecular complexity index is 673. The highest BCUT2D eigenvalue weighted by molar-refractivity contribution is 6.27. The first-order valence-corrected chi connectivity index (χ1v) is 9.98. The third kappa shape index (κ3) is 5.99. The fraction of sp³-hybridized carbons (Fsp3) is 0.650. The van der Waals surface area contributed by atoms with Gasteiger partial charge in [-0.25, -0.2) is 9.59 Å². The van der Waals surface area contributed by atoms with Gasteiger partial charge in [-0.2, -0.15) is 0 Å². The molecule has 1 heterocycles. The molecule has 0 aromatic heterocycles. The van der Waals surface area contributed by atoms with E-state index in [4.69, 9.17) is 21.1 Å². The summed E-state index contributed by atoms with van der Waals surface area (Å²) < 4.78 is 10.2. The summed E-state index contributed by atoms with van der Waals surface area (Å²) in [6, 6.07) is -0.00647. The molecule has 28 heavy (non-hydrogen) atoms. The molecule has 0 bridgehead atoms. The number of carbonyl (C=O) groups is 3. The first kappa shape index (κ1) is 22.3. The van der Waals surface area contributed by atoms with Gasteiger partial charge in [-0.05, 0) is 39.2 Å². The van der Waals surface area contributed by atoms with E-state index in [-0.39, 0.29) is 29.9 Å². The SMILES string of the molecule is COC(=O)C1=CC=C(CN(C(=O)CCl)C2CCN(C(=O)OC(C)(C)C)CC2)C1. The average Bonchev–Trinajstić information content (AvgIpc) is 3.12. The van der Waals surface area contributed by atoms with Gasteiger partial charge in [0.2, 0.25) is 5.91 Å². The summed E-state index contributed by atoms with van der Waals surface area (Å²) in [6.45, 7) is 6.98. The van der Waals surface area contributed by atoms with Crippen molar-refractivity contribution in [2.45, 2.75) is 51.7 Å². The average molecular weight is 413 g/mol. The number of alkyl halides is 1. The number of methoxy groups -OCH3 is 1. The van der Waals surface area contributed by atoms with Crippen molar-refractivity contribution in [3.63, 3.8) is 0 Å². The lowest BCUT2D eigenvalue weighted by Crippen LogP contribution is -2.50. The number of hydrogen-bond donors (Lipinski definition) is 0. The molecule has 2 rings (SSSR count). The molecule has 0 saturated carbocycles. The molecule has 0 aromatic carbocycles. The minimum absolute atomic E-state index is 0.00647. The summed E-state index contributed by atoms with van der Waals surface area (Å²) in [5.74, 6) is -0.603. The maximum atomic E-state index is 12.4. The second-order valence-electron chi connectivity index (χ2n) is 8.04. The van der Waals surface area contributed by atoms with Crippen LogP contribution in [0, 0.1) is 0 Å². The molecule has 0 atom stereocenters. The van der Waals surface area contributed by atoms with E-state index in [9.17, 15) is 14.4 Å². The molecule has 1 fully saturated rings. The van der Waals surface area contributed by atoms with Crippen molar-refractivity contribution in [2.75, 3.05) is 32.6 Å². The van der Waals surface area contributed by atoms with E-state index in [1.165, 1.54) is 7.11 Å². The van der Waals surface area contributed by atoms with Gasteiger partial charge in [0.15, 0.2) is 0 Å². The number of carbonyl (C=O) groups excluding carboxylic acids is 3. The molecule has 2 aliphatic rings. The minimum atomic E-state index is -0.534. The molecule has 0 spiro atoms. The normalized spacial score (nSPS) is 17.7. The highest BCUT2D eigenvalue weighted by Crippen LogP contribution is 2.25. The molecule has 1 aliphatic carbocycles. The van der Waals surface area contributed by atoms with E-state index in [0.717, 1.165) is 5.57 Å². The van der Waals surface area contributed by atoms with Crippen LogP contribution >= 0.6 is 11.6 Å². The zero-order chi connectivity index (χ0) is 20.9. The number of allylic oxidation sites excluding steroid dienone is 2. The van der Waals surface area contributed by atoms with Crippen molar-refractivity contribution in [2.24, 2.45) is 0 Å². The summed E-state index contributed by atoms with van der Waals surface area (Å²) in [7, 11) is 1.35. The molecule has 1 aliphatic heterocycles. The Balaban J connectivity index is 1.94. The number of esters is 1. The second-order valence-corrected chi connectivity index (χ2v) is 8.31. The fourth-order valence-corrected chi connectivity index (χ4v) is 3.52. The van der Waals surface area contributed by atoms with Crippen molar-refractivity contribution in [1.82, 2.24) is 9.80 Å². The quantitative estimate of drug-likeness (QED) is 0.512. The summed E-state index contributed by atoms with van der Waals surface area (Å²) in [5, 5.41) is 0. The first-order valence-electron chi connectivity index (χ1n) is 9.45. The topological polar surface area (TPSA) is 76.2 Å². The Labute approximate surface area is 171 Å². The number of hydrogen-bond acceptors (Lipinski definition) is 5. The molecule has 0 radical (unpaired) electrons. The van der Waals surface area contributed by atoms with E-state index in [1.54, 1.807) is 15.9 Å². The molecular formula is C20H29ClN2O5. The van der Waals surface area contributed by atoms with E-state index in [0.29, 0.717) is 44.5 Å². The maximum Gasteiger partial charge on any atom is 0.410 e. The second kappa shape index (κ2) is 9.45. The van der Waals surface area contributed by atoms with Crippen LogP contribution in [-0.2, 0) is 19.1 Å². The molecule has 156 valence electrons. The van der Waals surface area contributed by atoms with Gasteiger partial charge in [-0.15, -0.1) is 11.6 Å². The van der Waals surface area contributed by atoms with Crippen LogP contribution in [0.25, 0.3) is 0 Å². The standard InChI is InChI=1S/C20H29ClN2O5/c1-20(2,3)28-19(26)22-9-7-16(8-10-22)23(17(24)12-21)13-14-5-6-15(11-14)18(25)27-4/h5-6,16H,7-13H2,1-4H3. The Morgan fingerprint density at radius 2 is 1.86 bits per heavy atom. The zero-order valence-electron chi connectivity index (χ0n) is 17.0. The summed E-state index contributed by atoms with van der Waals surface area (Å²) in [4.78, 5) is 39.8. The molecule has 0 aromatic rings. The van der Waals surface area contributed by atoms with Crippen LogP contribution in [0.5, 0.6) is 0 Å². The van der Waals surface area contributed by atoms with Crippen molar-refractivity contribution >= 4 is 29.6 Å². The summed E-state index contributed by atoms with van der Waals surface area (Å²) in [6.07, 6.45) is 5.05. The van der Waals surface area contributed by atoms with E-state index in [1.807, 2.05) is 26.8 Å². The van der Waals surface area contributed by atoms with Gasteiger partial charge in [0.05, 0.1) is 7.11 Å². The monoisotopic (exact) mass is 412 g/mol. The number of amides is 2. The number of rotatable bonds is 5. The summed E-state index contributed by atoms with van der Waals surface area (Å²) in [5.41, 5.74) is 1.01. The Morgan fingerprint density at radius 1 is 1.21 bits per heavy atom. The molecule has 1 saturated heterocycles. The van der Waals surface area contributed by atoms with Gasteiger partial charge in [-0.1, -0.05) is 12.2 Å². The molecule has 7 nitrogen and oxygen atoms in total. The van der Waals surface area contributed by atoms with Crippen molar-refractivity contribution in [3.8, 4) is 0 Å². The van der Waals surface area contributed by atoms with E-state index >= 15 is 0 Å². The van der Waals surface area contributed by atoms with Crippen molar-refractivity contribution < 1.29 is 23.9 Å². The van der Waals surface area contributed by atoms with Crippen LogP contribution in [0.15, 0.2) is 23.3 Å². The van der Waals surface area contributed by atoms with Crippen LogP contribution in [-0.4, -0.2) is 72.0 Å². The smallest absolute Gasteiger partial charge is 0.410 e. The molecule has 0 N–H and O–H groups in total. The van der Waals surface area contributed by atoms with E-state index < -0.39 is 5.60 Å². The highest BCUT2D eigenvalue weighted by atomic mass is 35.5. The lowest BCUT2D eigenvalue weighted by Gasteiger charge is -2.39. The van der Waals surface area contributed by atoms with Gasteiger partial charge in [0.25, 0.3) is 0 Å². The van der Waals surface area contributed by atoms with Crippen LogP contribution in [0.3, 0.4) is 0 Å². The number of nitrogens with zero attached hydrogens (tertiary/aromatic N) is 2. The largest absolute Gasteiger partial charge is 0.466 e. The van der Waals surface area contributed by atoms with Crippen LogP contribution in [0.1, 0.15) is 40.0 Å². The third-order valence-corrected chi connectivity index (χ3v) is 4.98. The van der Waals surface area contributed by atoms with Crippen LogP contribution < -0.4 is 0 Å². The molecule has 2 amide bonds. The number of piperidine rings is 1. The predicted octanol–water partition coefficient (Wildman–Crippen LogP) is 2.88. The highest BCUT2D eigenvalue weighted by Gasteiger charge is 2.32. The van der Waals surface area contributed by atoms with Crippen LogP contribution in [0.4, 0.5) is 4.79 Å². The van der Waals surface area contributed by atoms with E-state index in [2.05, 4.69) is 0 Å². The fourth-order valence-electron chi connectivity index (χ4n) is 3.36. The van der Waals surface area contributed by atoms with Gasteiger partial charge in [-0.3, -0.25) is 4.79 Å². The predicted molar refractivity (Wildman–Crippen MR) is 106 cm³/mol. The summed E-state index contributed by atoms with van der Waals surface area (Å²) >= 11 is 5.82. The Morgan fingerprint density at radius 3 is 2.39 bits per heavy atom. The number of halogens is 1. The zero-order valence-corrected chi connectivity index (χ0v) is 17.8. The Kier molecular flexibility index (Phi) is 7.52. The lowest BCUT2D eigenvalue weighted by molar-refractivity contribution is -0.136. The maximum absolute atomic E-state index is 12.4. The molecular weight excluding hydrogens is 384 g/mol. The Hall–Kier alpha value is -2.02. The number of ether oxygens (including phenoxy) is 2. The van der Waals surface area contributed by atoms with Crippen molar-refractivity contribution in [3.05, 3.63) is 23.3 Å². The van der Waals surface area contributed by atoms with Crippen LogP contribution in [0.2, 0.25) is 0 Å². The number of likely N-dealkylation sites (tertiary alicyclic amines) is 1. The van der Waals surface area contributed by atoms with Gasteiger partial charge in [0.1, 0.15) is 11.5 Å². The van der Waals surface area contributed by atoms with Gasteiger partial charge >= 0.3 is 12.1 Å². The van der Waals surface area contributed by atoms with Gasteiger partial charge < -0.3 is 19.3 Å². The third-order valence-electron chi connectivity index (χ3n) is 4.75. The van der Waals surface area contributed by atoms with Crippen molar-refractivity contribution in [1.29, 1.82) is 0 Å².